The van der Waals surface area contributed by atoms with E-state index in [2.05, 4.69) is 0 Å². The predicted molar refractivity (Wildman–Crippen MR) is 49.3 cm³/mol. The maximum Gasteiger partial charge on any atom is 0.191 e. The van der Waals surface area contributed by atoms with Gasteiger partial charge in [-0.2, -0.15) is 0 Å². The van der Waals surface area contributed by atoms with Gasteiger partial charge in [-0.15, -0.1) is 0 Å². The van der Waals surface area contributed by atoms with E-state index in [1.54, 1.807) is 25.3 Å². The van der Waals surface area contributed by atoms with Gasteiger partial charge in [0.15, 0.2) is 6.29 Å². The van der Waals surface area contributed by atoms with Gasteiger partial charge in [0.2, 0.25) is 0 Å². The van der Waals surface area contributed by atoms with Crippen molar-refractivity contribution in [2.75, 3.05) is 20.3 Å². The van der Waals surface area contributed by atoms with Crippen LogP contribution in [0, 0.1) is 0 Å². The molecule has 1 aromatic carbocycles. The van der Waals surface area contributed by atoms with E-state index in [0.717, 1.165) is 0 Å². The summed E-state index contributed by atoms with van der Waals surface area (Å²) in [5.74, 6) is 0.716. The third kappa shape index (κ3) is 1.54. The van der Waals surface area contributed by atoms with Crippen molar-refractivity contribution in [1.29, 1.82) is 0 Å². The number of hydrogen-bond acceptors (Lipinski definition) is 4. The molecule has 4 nitrogen and oxygen atoms in total. The number of methoxy groups -OCH3 is 1. The normalized spacial score (nSPS) is 17.2. The first-order chi connectivity index (χ1) is 6.83. The summed E-state index contributed by atoms with van der Waals surface area (Å²) in [4.78, 5) is 0. The standard InChI is InChI=1S/C10H12O4/c1-12-8-4-2-3-7(11)9(8)10-13-5-6-14-10/h2-4,10-11H,5-6H2,1H3. The molecule has 0 atom stereocenters. The molecular formula is C10H12O4. The maximum atomic E-state index is 9.64. The Labute approximate surface area is 82.0 Å². The number of benzene rings is 1. The zero-order valence-corrected chi connectivity index (χ0v) is 7.90. The van der Waals surface area contributed by atoms with Crippen LogP contribution in [-0.4, -0.2) is 25.4 Å². The summed E-state index contributed by atoms with van der Waals surface area (Å²) in [5, 5.41) is 9.64. The molecule has 0 spiro atoms. The molecule has 1 aromatic rings. The van der Waals surface area contributed by atoms with Crippen molar-refractivity contribution >= 4 is 0 Å². The van der Waals surface area contributed by atoms with Gasteiger partial charge in [-0.25, -0.2) is 0 Å². The maximum absolute atomic E-state index is 9.64. The Morgan fingerprint density at radius 1 is 1.36 bits per heavy atom. The van der Waals surface area contributed by atoms with Gasteiger partial charge in [0, 0.05) is 0 Å². The second-order valence-electron chi connectivity index (χ2n) is 2.97. The quantitative estimate of drug-likeness (QED) is 0.777. The lowest BCUT2D eigenvalue weighted by Gasteiger charge is -2.14. The van der Waals surface area contributed by atoms with Gasteiger partial charge < -0.3 is 19.3 Å². The van der Waals surface area contributed by atoms with Crippen LogP contribution in [0.1, 0.15) is 11.9 Å². The van der Waals surface area contributed by atoms with E-state index in [0.29, 0.717) is 24.5 Å². The zero-order valence-electron chi connectivity index (χ0n) is 7.90. The summed E-state index contributed by atoms with van der Waals surface area (Å²) in [7, 11) is 1.55. The second-order valence-corrected chi connectivity index (χ2v) is 2.97. The fourth-order valence-corrected chi connectivity index (χ4v) is 1.47. The molecule has 1 saturated heterocycles. The van der Waals surface area contributed by atoms with E-state index in [9.17, 15) is 5.11 Å². The number of hydrogen-bond donors (Lipinski definition) is 1. The van der Waals surface area contributed by atoms with Crippen molar-refractivity contribution in [3.63, 3.8) is 0 Å². The van der Waals surface area contributed by atoms with Gasteiger partial charge in [-0.3, -0.25) is 0 Å². The summed E-state index contributed by atoms with van der Waals surface area (Å²) in [6, 6.07) is 5.07. The molecule has 0 amide bonds. The smallest absolute Gasteiger partial charge is 0.191 e. The molecule has 1 fully saturated rings. The van der Waals surface area contributed by atoms with Crippen LogP contribution >= 0.6 is 0 Å². The molecule has 0 radical (unpaired) electrons. The van der Waals surface area contributed by atoms with Crippen molar-refractivity contribution in [1.82, 2.24) is 0 Å². The van der Waals surface area contributed by atoms with E-state index >= 15 is 0 Å². The molecule has 0 bridgehead atoms. The van der Waals surface area contributed by atoms with Crippen molar-refractivity contribution in [3.05, 3.63) is 23.8 Å². The van der Waals surface area contributed by atoms with E-state index in [1.165, 1.54) is 0 Å². The number of aromatic hydroxyl groups is 1. The highest BCUT2D eigenvalue weighted by Gasteiger charge is 2.25. The predicted octanol–water partition coefficient (Wildman–Crippen LogP) is 1.45. The largest absolute Gasteiger partial charge is 0.507 e. The van der Waals surface area contributed by atoms with E-state index in [-0.39, 0.29) is 5.75 Å². The minimum Gasteiger partial charge on any atom is -0.507 e. The van der Waals surface area contributed by atoms with Crippen molar-refractivity contribution in [3.8, 4) is 11.5 Å². The van der Waals surface area contributed by atoms with Crippen LogP contribution in [0.25, 0.3) is 0 Å². The Morgan fingerprint density at radius 2 is 2.07 bits per heavy atom. The lowest BCUT2D eigenvalue weighted by Crippen LogP contribution is -2.01. The molecule has 2 rings (SSSR count). The topological polar surface area (TPSA) is 47.9 Å². The fourth-order valence-electron chi connectivity index (χ4n) is 1.47. The molecule has 0 saturated carbocycles. The highest BCUT2D eigenvalue weighted by Crippen LogP contribution is 2.37. The Balaban J connectivity index is 2.37. The Bertz CT molecular complexity index is 318. The SMILES string of the molecule is COc1cccc(O)c1C1OCCO1. The summed E-state index contributed by atoms with van der Waals surface area (Å²) < 4.78 is 15.7. The molecule has 0 aromatic heterocycles. The lowest BCUT2D eigenvalue weighted by molar-refractivity contribution is -0.0468. The van der Waals surface area contributed by atoms with Crippen LogP contribution in [0.4, 0.5) is 0 Å². The van der Waals surface area contributed by atoms with Crippen LogP contribution < -0.4 is 4.74 Å². The second kappa shape index (κ2) is 3.86. The van der Waals surface area contributed by atoms with E-state index in [1.807, 2.05) is 0 Å². The van der Waals surface area contributed by atoms with E-state index in [4.69, 9.17) is 14.2 Å². The van der Waals surface area contributed by atoms with Crippen LogP contribution in [-0.2, 0) is 9.47 Å². The third-order valence-corrected chi connectivity index (χ3v) is 2.12. The molecule has 1 aliphatic heterocycles. The summed E-state index contributed by atoms with van der Waals surface area (Å²) >= 11 is 0. The Hall–Kier alpha value is -1.26. The highest BCUT2D eigenvalue weighted by atomic mass is 16.7. The van der Waals surface area contributed by atoms with Gasteiger partial charge in [0.1, 0.15) is 11.5 Å². The van der Waals surface area contributed by atoms with Gasteiger partial charge in [0.25, 0.3) is 0 Å². The fraction of sp³-hybridized carbons (Fsp3) is 0.400. The molecular weight excluding hydrogens is 184 g/mol. The molecule has 0 unspecified atom stereocenters. The van der Waals surface area contributed by atoms with E-state index < -0.39 is 6.29 Å². The Morgan fingerprint density at radius 3 is 2.71 bits per heavy atom. The molecule has 14 heavy (non-hydrogen) atoms. The zero-order chi connectivity index (χ0) is 9.97. The third-order valence-electron chi connectivity index (χ3n) is 2.12. The molecule has 4 heteroatoms. The highest BCUT2D eigenvalue weighted by molar-refractivity contribution is 5.44. The van der Waals surface area contributed by atoms with Gasteiger partial charge in [-0.1, -0.05) is 6.07 Å². The van der Waals surface area contributed by atoms with Crippen molar-refractivity contribution in [2.24, 2.45) is 0 Å². The number of rotatable bonds is 2. The average molecular weight is 196 g/mol. The van der Waals surface area contributed by atoms with Crippen molar-refractivity contribution in [2.45, 2.75) is 6.29 Å². The summed E-state index contributed by atoms with van der Waals surface area (Å²) in [6.07, 6.45) is -0.508. The van der Waals surface area contributed by atoms with Gasteiger partial charge >= 0.3 is 0 Å². The number of phenols is 1. The first-order valence-electron chi connectivity index (χ1n) is 4.42. The molecule has 0 aliphatic carbocycles. The van der Waals surface area contributed by atoms with Crippen molar-refractivity contribution < 1.29 is 19.3 Å². The summed E-state index contributed by atoms with van der Waals surface area (Å²) in [6.45, 7) is 1.09. The lowest BCUT2D eigenvalue weighted by atomic mass is 10.1. The average Bonchev–Trinajstić information content (AvgIpc) is 2.70. The van der Waals surface area contributed by atoms with Crippen LogP contribution in [0.15, 0.2) is 18.2 Å². The first kappa shape index (κ1) is 9.30. The molecule has 1 aliphatic rings. The van der Waals surface area contributed by atoms with Gasteiger partial charge in [-0.05, 0) is 12.1 Å². The molecule has 1 heterocycles. The first-order valence-corrected chi connectivity index (χ1v) is 4.42. The van der Waals surface area contributed by atoms with Crippen LogP contribution in [0.5, 0.6) is 11.5 Å². The monoisotopic (exact) mass is 196 g/mol. The van der Waals surface area contributed by atoms with Gasteiger partial charge in [0.05, 0.1) is 25.9 Å². The minimum absolute atomic E-state index is 0.135. The minimum atomic E-state index is -0.508. The summed E-state index contributed by atoms with van der Waals surface area (Å²) in [5.41, 5.74) is 0.563. The number of phenolic OH excluding ortho intramolecular Hbond substituents is 1. The molecule has 76 valence electrons. The molecule has 1 N–H and O–H groups in total. The van der Waals surface area contributed by atoms with Crippen LogP contribution in [0.3, 0.4) is 0 Å². The Kier molecular flexibility index (Phi) is 2.56. The number of ether oxygens (including phenoxy) is 3. The van der Waals surface area contributed by atoms with Crippen LogP contribution in [0.2, 0.25) is 0 Å².